The summed E-state index contributed by atoms with van der Waals surface area (Å²) in [6.07, 6.45) is 1.76. The summed E-state index contributed by atoms with van der Waals surface area (Å²) in [7, 11) is 0. The highest BCUT2D eigenvalue weighted by Crippen LogP contribution is 2.24. The second-order valence-corrected chi connectivity index (χ2v) is 7.34. The molecule has 0 aliphatic carbocycles. The van der Waals surface area contributed by atoms with Crippen LogP contribution in [-0.2, 0) is 4.79 Å². The van der Waals surface area contributed by atoms with Gasteiger partial charge in [0.1, 0.15) is 11.9 Å². The lowest BCUT2D eigenvalue weighted by Crippen LogP contribution is -2.41. The van der Waals surface area contributed by atoms with Gasteiger partial charge < -0.3 is 5.32 Å². The molecule has 0 spiro atoms. The fraction of sp³-hybridized carbons (Fsp3) is 0.333. The molecule has 0 bridgehead atoms. The van der Waals surface area contributed by atoms with Crippen molar-refractivity contribution in [2.45, 2.75) is 39.8 Å². The van der Waals surface area contributed by atoms with Crippen molar-refractivity contribution >= 4 is 5.91 Å². The number of benzene rings is 2. The Hall–Kier alpha value is -2.99. The Kier molecular flexibility index (Phi) is 7.00. The van der Waals surface area contributed by atoms with Crippen LogP contribution in [0.15, 0.2) is 60.8 Å². The van der Waals surface area contributed by atoms with Crippen molar-refractivity contribution in [3.63, 3.8) is 0 Å². The standard InChI is InChI=1S/C24H29FN4O/c1-5-28(6-2)23(19-10-8-7-9-11-19)24(30)27-17(3)22-16-26-29(18(22)4)21-14-12-20(25)13-15-21/h7-17,23H,5-6H2,1-4H3,(H,27,30). The molecule has 2 atom stereocenters. The zero-order valence-electron chi connectivity index (χ0n) is 18.0. The zero-order valence-corrected chi connectivity index (χ0v) is 18.0. The molecule has 2 aromatic carbocycles. The maximum atomic E-state index is 13.3. The number of carbonyl (C=O) groups is 1. The molecule has 0 radical (unpaired) electrons. The molecule has 0 aliphatic heterocycles. The highest BCUT2D eigenvalue weighted by atomic mass is 19.1. The fourth-order valence-corrected chi connectivity index (χ4v) is 3.81. The largest absolute Gasteiger partial charge is 0.348 e. The van der Waals surface area contributed by atoms with Crippen LogP contribution in [-0.4, -0.2) is 33.7 Å². The minimum Gasteiger partial charge on any atom is -0.348 e. The summed E-state index contributed by atoms with van der Waals surface area (Å²) in [6.45, 7) is 9.59. The molecule has 158 valence electrons. The molecule has 6 heteroatoms. The van der Waals surface area contributed by atoms with Gasteiger partial charge in [-0.25, -0.2) is 9.07 Å². The van der Waals surface area contributed by atoms with E-state index in [2.05, 4.69) is 29.2 Å². The number of amides is 1. The summed E-state index contributed by atoms with van der Waals surface area (Å²) >= 11 is 0. The molecule has 1 aromatic heterocycles. The molecule has 2 unspecified atom stereocenters. The first-order valence-corrected chi connectivity index (χ1v) is 10.4. The van der Waals surface area contributed by atoms with Crippen LogP contribution in [0.25, 0.3) is 5.69 Å². The Morgan fingerprint density at radius 2 is 1.73 bits per heavy atom. The van der Waals surface area contributed by atoms with Crippen LogP contribution in [0.3, 0.4) is 0 Å². The van der Waals surface area contributed by atoms with Crippen molar-refractivity contribution in [3.05, 3.63) is 83.4 Å². The maximum Gasteiger partial charge on any atom is 0.242 e. The number of aromatic nitrogens is 2. The summed E-state index contributed by atoms with van der Waals surface area (Å²) < 4.78 is 15.0. The van der Waals surface area contributed by atoms with Gasteiger partial charge in [0.15, 0.2) is 0 Å². The molecule has 0 fully saturated rings. The molecule has 1 heterocycles. The molecule has 3 aromatic rings. The Bertz CT molecular complexity index is 965. The quantitative estimate of drug-likeness (QED) is 0.594. The maximum absolute atomic E-state index is 13.3. The van der Waals surface area contributed by atoms with Crippen molar-refractivity contribution < 1.29 is 9.18 Å². The lowest BCUT2D eigenvalue weighted by atomic mass is 10.0. The van der Waals surface area contributed by atoms with Gasteiger partial charge in [0, 0.05) is 11.3 Å². The number of halogens is 1. The predicted molar refractivity (Wildman–Crippen MR) is 117 cm³/mol. The van der Waals surface area contributed by atoms with Crippen LogP contribution < -0.4 is 5.32 Å². The average Bonchev–Trinajstić information content (AvgIpc) is 3.14. The molecular formula is C24H29FN4O. The van der Waals surface area contributed by atoms with Gasteiger partial charge >= 0.3 is 0 Å². The first-order chi connectivity index (χ1) is 14.5. The first kappa shape index (κ1) is 21.7. The van der Waals surface area contributed by atoms with Crippen LogP contribution in [0.2, 0.25) is 0 Å². The van der Waals surface area contributed by atoms with E-state index in [1.54, 1.807) is 23.0 Å². The third-order valence-corrected chi connectivity index (χ3v) is 5.49. The van der Waals surface area contributed by atoms with Crippen molar-refractivity contribution in [2.24, 2.45) is 0 Å². The first-order valence-electron chi connectivity index (χ1n) is 10.4. The number of nitrogens with one attached hydrogen (secondary N) is 1. The molecule has 0 saturated carbocycles. The normalized spacial score (nSPS) is 13.3. The fourth-order valence-electron chi connectivity index (χ4n) is 3.81. The lowest BCUT2D eigenvalue weighted by Gasteiger charge is -2.30. The van der Waals surface area contributed by atoms with E-state index in [1.807, 2.05) is 44.2 Å². The number of hydrogen-bond acceptors (Lipinski definition) is 3. The summed E-state index contributed by atoms with van der Waals surface area (Å²) in [6, 6.07) is 15.5. The minimum atomic E-state index is -0.351. The molecular weight excluding hydrogens is 379 g/mol. The minimum absolute atomic E-state index is 0.0358. The van der Waals surface area contributed by atoms with Crippen molar-refractivity contribution in [1.82, 2.24) is 20.0 Å². The van der Waals surface area contributed by atoms with Crippen LogP contribution in [0, 0.1) is 12.7 Å². The van der Waals surface area contributed by atoms with E-state index in [1.165, 1.54) is 12.1 Å². The Balaban J connectivity index is 1.82. The van der Waals surface area contributed by atoms with Crippen LogP contribution in [0.5, 0.6) is 0 Å². The Morgan fingerprint density at radius 1 is 1.10 bits per heavy atom. The van der Waals surface area contributed by atoms with Crippen LogP contribution in [0.1, 0.15) is 49.7 Å². The van der Waals surface area contributed by atoms with E-state index < -0.39 is 0 Å². The number of nitrogens with zero attached hydrogens (tertiary/aromatic N) is 3. The van der Waals surface area contributed by atoms with E-state index in [9.17, 15) is 9.18 Å². The van der Waals surface area contributed by atoms with Crippen LogP contribution >= 0.6 is 0 Å². The molecule has 1 N–H and O–H groups in total. The SMILES string of the molecule is CCN(CC)C(C(=O)NC(C)c1cnn(-c2ccc(F)cc2)c1C)c1ccccc1. The monoisotopic (exact) mass is 408 g/mol. The Morgan fingerprint density at radius 3 is 2.33 bits per heavy atom. The lowest BCUT2D eigenvalue weighted by molar-refractivity contribution is -0.127. The summed E-state index contributed by atoms with van der Waals surface area (Å²) in [5.41, 5.74) is 3.60. The second-order valence-electron chi connectivity index (χ2n) is 7.34. The molecule has 3 rings (SSSR count). The number of rotatable bonds is 8. The molecule has 1 amide bonds. The summed E-state index contributed by atoms with van der Waals surface area (Å²) in [5.74, 6) is -0.320. The van der Waals surface area contributed by atoms with E-state index in [0.29, 0.717) is 0 Å². The van der Waals surface area contributed by atoms with E-state index in [4.69, 9.17) is 0 Å². The van der Waals surface area contributed by atoms with Gasteiger partial charge in [-0.05, 0) is 56.8 Å². The number of hydrogen-bond donors (Lipinski definition) is 1. The van der Waals surface area contributed by atoms with Gasteiger partial charge in [-0.2, -0.15) is 5.10 Å². The number of carbonyl (C=O) groups excluding carboxylic acids is 1. The zero-order chi connectivity index (χ0) is 21.7. The molecule has 30 heavy (non-hydrogen) atoms. The van der Waals surface area contributed by atoms with E-state index in [-0.39, 0.29) is 23.8 Å². The van der Waals surface area contributed by atoms with Crippen molar-refractivity contribution in [1.29, 1.82) is 0 Å². The van der Waals surface area contributed by atoms with Gasteiger partial charge in [0.2, 0.25) is 5.91 Å². The van der Waals surface area contributed by atoms with Gasteiger partial charge in [-0.15, -0.1) is 0 Å². The molecule has 0 saturated heterocycles. The van der Waals surface area contributed by atoms with Gasteiger partial charge in [0.25, 0.3) is 0 Å². The topological polar surface area (TPSA) is 50.2 Å². The summed E-state index contributed by atoms with van der Waals surface area (Å²) in [4.78, 5) is 15.4. The Labute approximate surface area is 177 Å². The third-order valence-electron chi connectivity index (χ3n) is 5.49. The van der Waals surface area contributed by atoms with Gasteiger partial charge in [-0.3, -0.25) is 9.69 Å². The summed E-state index contributed by atoms with van der Waals surface area (Å²) in [5, 5.41) is 7.61. The predicted octanol–water partition coefficient (Wildman–Crippen LogP) is 4.58. The third kappa shape index (κ3) is 4.60. The van der Waals surface area contributed by atoms with E-state index >= 15 is 0 Å². The van der Waals surface area contributed by atoms with Crippen LogP contribution in [0.4, 0.5) is 4.39 Å². The smallest absolute Gasteiger partial charge is 0.242 e. The van der Waals surface area contributed by atoms with Gasteiger partial charge in [0.05, 0.1) is 17.9 Å². The highest BCUT2D eigenvalue weighted by Gasteiger charge is 2.27. The molecule has 0 aliphatic rings. The average molecular weight is 409 g/mol. The van der Waals surface area contributed by atoms with Crippen molar-refractivity contribution in [3.8, 4) is 5.69 Å². The molecule has 5 nitrogen and oxygen atoms in total. The van der Waals surface area contributed by atoms with E-state index in [0.717, 1.165) is 35.6 Å². The number of likely N-dealkylation sites (N-methyl/N-ethyl adjacent to an activating group) is 1. The highest BCUT2D eigenvalue weighted by molar-refractivity contribution is 5.83. The van der Waals surface area contributed by atoms with Crippen molar-refractivity contribution in [2.75, 3.05) is 13.1 Å². The van der Waals surface area contributed by atoms with Gasteiger partial charge in [-0.1, -0.05) is 44.2 Å². The second kappa shape index (κ2) is 9.67.